The Morgan fingerprint density at radius 1 is 1.19 bits per heavy atom. The summed E-state index contributed by atoms with van der Waals surface area (Å²) >= 11 is 12.7. The van der Waals surface area contributed by atoms with Gasteiger partial charge in [-0.2, -0.15) is 0 Å². The molecule has 196 valence electrons. The molecule has 0 bridgehead atoms. The second-order valence-electron chi connectivity index (χ2n) is 11.6. The fourth-order valence-electron chi connectivity index (χ4n) is 6.00. The summed E-state index contributed by atoms with van der Waals surface area (Å²) in [7, 11) is 0. The van der Waals surface area contributed by atoms with Gasteiger partial charge in [0.05, 0.1) is 27.3 Å². The van der Waals surface area contributed by atoms with Crippen LogP contribution in [0.4, 0.5) is 4.79 Å². The van der Waals surface area contributed by atoms with Gasteiger partial charge in [-0.1, -0.05) is 23.2 Å². The highest BCUT2D eigenvalue weighted by Gasteiger charge is 2.55. The summed E-state index contributed by atoms with van der Waals surface area (Å²) in [4.78, 5) is 22.5. The van der Waals surface area contributed by atoms with E-state index < -0.39 is 5.60 Å². The van der Waals surface area contributed by atoms with Crippen molar-refractivity contribution < 1.29 is 14.6 Å². The normalized spacial score (nSPS) is 21.3. The molecule has 7 nitrogen and oxygen atoms in total. The van der Waals surface area contributed by atoms with E-state index in [0.29, 0.717) is 22.2 Å². The van der Waals surface area contributed by atoms with Crippen LogP contribution in [0.15, 0.2) is 30.5 Å². The third-order valence-corrected chi connectivity index (χ3v) is 8.69. The molecule has 1 aromatic carbocycles. The molecule has 1 atom stereocenters. The van der Waals surface area contributed by atoms with Crippen molar-refractivity contribution in [1.82, 2.24) is 19.2 Å². The van der Waals surface area contributed by atoms with Crippen molar-refractivity contribution in [1.29, 1.82) is 0 Å². The SMILES string of the molecule is CC(C)(C)OC(=O)N1CCN(C2CCCc3c2nc2cc(-c4c(O)ccc(Cl)c4Cl)ccn32)CC12CC2. The molecule has 9 heteroatoms. The number of aromatic nitrogens is 2. The van der Waals surface area contributed by atoms with Crippen molar-refractivity contribution in [3.63, 3.8) is 0 Å². The molecular formula is C28H32Cl2N4O3. The number of aromatic hydroxyl groups is 1. The third-order valence-electron chi connectivity index (χ3n) is 7.89. The fraction of sp³-hybridized carbons (Fsp3) is 0.500. The Morgan fingerprint density at radius 3 is 2.70 bits per heavy atom. The van der Waals surface area contributed by atoms with E-state index in [1.807, 2.05) is 44.0 Å². The zero-order valence-corrected chi connectivity index (χ0v) is 22.9. The molecule has 37 heavy (non-hydrogen) atoms. The van der Waals surface area contributed by atoms with E-state index in [9.17, 15) is 9.90 Å². The number of hydrogen-bond donors (Lipinski definition) is 1. The molecule has 3 aromatic rings. The largest absolute Gasteiger partial charge is 0.507 e. The highest BCUT2D eigenvalue weighted by molar-refractivity contribution is 6.44. The summed E-state index contributed by atoms with van der Waals surface area (Å²) in [5.74, 6) is 0.0885. The Kier molecular flexibility index (Phi) is 5.90. The van der Waals surface area contributed by atoms with Crippen LogP contribution in [0.1, 0.15) is 63.9 Å². The minimum absolute atomic E-state index is 0.0885. The first-order valence-electron chi connectivity index (χ1n) is 13.0. The number of amides is 1. The molecule has 1 aliphatic heterocycles. The number of halogens is 2. The van der Waals surface area contributed by atoms with Crippen LogP contribution in [0.2, 0.25) is 10.0 Å². The number of fused-ring (bicyclic) bond motifs is 3. The van der Waals surface area contributed by atoms with Gasteiger partial charge >= 0.3 is 6.09 Å². The maximum Gasteiger partial charge on any atom is 0.410 e. The van der Waals surface area contributed by atoms with Gasteiger partial charge < -0.3 is 14.2 Å². The molecule has 1 amide bonds. The van der Waals surface area contributed by atoms with Crippen molar-refractivity contribution in [2.24, 2.45) is 0 Å². The highest BCUT2D eigenvalue weighted by Crippen LogP contribution is 2.48. The van der Waals surface area contributed by atoms with Gasteiger partial charge in [-0.05, 0) is 82.7 Å². The molecule has 2 aliphatic carbocycles. The quantitative estimate of drug-likeness (QED) is 0.401. The molecular weight excluding hydrogens is 511 g/mol. The average Bonchev–Trinajstić information content (AvgIpc) is 3.49. The summed E-state index contributed by atoms with van der Waals surface area (Å²) < 4.78 is 7.88. The van der Waals surface area contributed by atoms with E-state index in [0.717, 1.165) is 62.1 Å². The third kappa shape index (κ3) is 4.35. The number of phenolic OH excluding ortho intramolecular Hbond substituents is 1. The van der Waals surface area contributed by atoms with E-state index >= 15 is 0 Å². The lowest BCUT2D eigenvalue weighted by Crippen LogP contribution is -2.58. The Balaban J connectivity index is 1.30. The van der Waals surface area contributed by atoms with Gasteiger partial charge in [-0.3, -0.25) is 9.80 Å². The van der Waals surface area contributed by atoms with Crippen molar-refractivity contribution in [3.05, 3.63) is 51.9 Å². The fourth-order valence-corrected chi connectivity index (χ4v) is 6.43. The first-order valence-corrected chi connectivity index (χ1v) is 13.7. The summed E-state index contributed by atoms with van der Waals surface area (Å²) in [5.41, 5.74) is 3.86. The van der Waals surface area contributed by atoms with Crippen LogP contribution in [0.3, 0.4) is 0 Å². The average molecular weight is 543 g/mol. The van der Waals surface area contributed by atoms with Crippen LogP contribution in [0.25, 0.3) is 16.8 Å². The zero-order chi connectivity index (χ0) is 26.1. The second-order valence-corrected chi connectivity index (χ2v) is 12.4. The van der Waals surface area contributed by atoms with Crippen LogP contribution in [-0.4, -0.2) is 61.2 Å². The minimum atomic E-state index is -0.496. The number of benzene rings is 1. The molecule has 6 rings (SSSR count). The first kappa shape index (κ1) is 24.8. The Morgan fingerprint density at radius 2 is 1.97 bits per heavy atom. The number of nitrogens with zero attached hydrogens (tertiary/aromatic N) is 4. The van der Waals surface area contributed by atoms with Gasteiger partial charge in [0.2, 0.25) is 0 Å². The maximum atomic E-state index is 12.9. The zero-order valence-electron chi connectivity index (χ0n) is 21.4. The number of carbonyl (C=O) groups is 1. The predicted molar refractivity (Wildman–Crippen MR) is 144 cm³/mol. The van der Waals surface area contributed by atoms with Gasteiger partial charge in [0.25, 0.3) is 0 Å². The van der Waals surface area contributed by atoms with Crippen LogP contribution in [-0.2, 0) is 11.2 Å². The highest BCUT2D eigenvalue weighted by atomic mass is 35.5. The van der Waals surface area contributed by atoms with Gasteiger partial charge in [-0.15, -0.1) is 0 Å². The number of piperazine rings is 1. The lowest BCUT2D eigenvalue weighted by molar-refractivity contribution is -0.0157. The maximum absolute atomic E-state index is 12.9. The smallest absolute Gasteiger partial charge is 0.410 e. The monoisotopic (exact) mass is 542 g/mol. The van der Waals surface area contributed by atoms with E-state index in [2.05, 4.69) is 9.30 Å². The van der Waals surface area contributed by atoms with Crippen molar-refractivity contribution in [2.75, 3.05) is 19.6 Å². The van der Waals surface area contributed by atoms with Crippen molar-refractivity contribution in [2.45, 2.75) is 70.1 Å². The Bertz CT molecular complexity index is 1390. The van der Waals surface area contributed by atoms with E-state index in [1.54, 1.807) is 12.1 Å². The summed E-state index contributed by atoms with van der Waals surface area (Å²) in [6.07, 6.45) is 6.95. The lowest BCUT2D eigenvalue weighted by atomic mass is 9.93. The van der Waals surface area contributed by atoms with Crippen molar-refractivity contribution >= 4 is 34.9 Å². The number of ether oxygens (including phenoxy) is 1. The molecule has 3 heterocycles. The molecule has 1 saturated carbocycles. The number of phenols is 1. The molecule has 1 saturated heterocycles. The molecule has 2 aromatic heterocycles. The minimum Gasteiger partial charge on any atom is -0.507 e. The summed E-state index contributed by atoms with van der Waals surface area (Å²) in [5, 5.41) is 11.2. The van der Waals surface area contributed by atoms with Crippen LogP contribution >= 0.6 is 23.2 Å². The van der Waals surface area contributed by atoms with Crippen LogP contribution in [0.5, 0.6) is 5.75 Å². The topological polar surface area (TPSA) is 70.3 Å². The second kappa shape index (κ2) is 8.79. The molecule has 3 aliphatic rings. The number of imidazole rings is 1. The van der Waals surface area contributed by atoms with Crippen LogP contribution < -0.4 is 0 Å². The predicted octanol–water partition coefficient (Wildman–Crippen LogP) is 6.48. The molecule has 2 fully saturated rings. The number of aryl methyl sites for hydroxylation is 1. The lowest BCUT2D eigenvalue weighted by Gasteiger charge is -2.45. The van der Waals surface area contributed by atoms with E-state index in [-0.39, 0.29) is 23.4 Å². The Labute approximate surface area is 226 Å². The number of hydrogen-bond acceptors (Lipinski definition) is 5. The van der Waals surface area contributed by atoms with E-state index in [4.69, 9.17) is 32.9 Å². The standard InChI is InChI=1S/C28H32Cl2N4O3/c1-27(2,3)37-26(36)34-14-13-32(16-28(34)10-11-28)19-5-4-6-20-25(19)31-22-15-17(9-12-33(20)22)23-21(35)8-7-18(29)24(23)30/h7-9,12,15,19,35H,4-6,10-11,13-14,16H2,1-3H3. The summed E-state index contributed by atoms with van der Waals surface area (Å²) in [6.45, 7) is 8.07. The van der Waals surface area contributed by atoms with Crippen molar-refractivity contribution in [3.8, 4) is 16.9 Å². The van der Waals surface area contributed by atoms with E-state index in [1.165, 1.54) is 5.69 Å². The van der Waals surface area contributed by atoms with Gasteiger partial charge in [0.1, 0.15) is 17.0 Å². The number of rotatable bonds is 2. The first-order chi connectivity index (χ1) is 17.6. The molecule has 0 radical (unpaired) electrons. The Hall–Kier alpha value is -2.48. The summed E-state index contributed by atoms with van der Waals surface area (Å²) in [6, 6.07) is 7.29. The molecule has 1 unspecified atom stereocenters. The van der Waals surface area contributed by atoms with Gasteiger partial charge in [0.15, 0.2) is 0 Å². The molecule has 1 spiro atoms. The number of carbonyl (C=O) groups excluding carboxylic acids is 1. The van der Waals surface area contributed by atoms with Gasteiger partial charge in [0, 0.05) is 37.1 Å². The van der Waals surface area contributed by atoms with Gasteiger partial charge in [-0.25, -0.2) is 9.78 Å². The van der Waals surface area contributed by atoms with Crippen LogP contribution in [0, 0.1) is 0 Å². The molecule has 1 N–H and O–H groups in total. The number of pyridine rings is 1.